The maximum atomic E-state index is 11.7. The standard InChI is InChI=1S/C14H23NO2S/c1-10-5-6-11(8-15)12(7-10)18-9-13(16)17-14(2,3)4/h10-12H,5-7,9H2,1-4H3. The Hall–Kier alpha value is -0.690. The Balaban J connectivity index is 2.41. The lowest BCUT2D eigenvalue weighted by atomic mass is 9.83. The van der Waals surface area contributed by atoms with Gasteiger partial charge in [-0.2, -0.15) is 5.26 Å². The van der Waals surface area contributed by atoms with Crippen molar-refractivity contribution in [3.63, 3.8) is 0 Å². The van der Waals surface area contributed by atoms with Crippen LogP contribution in [0.25, 0.3) is 0 Å². The molecule has 0 aliphatic heterocycles. The van der Waals surface area contributed by atoms with Gasteiger partial charge in [-0.3, -0.25) is 4.79 Å². The molecule has 0 spiro atoms. The number of rotatable bonds is 3. The van der Waals surface area contributed by atoms with E-state index in [1.807, 2.05) is 20.8 Å². The highest BCUT2D eigenvalue weighted by molar-refractivity contribution is 8.00. The van der Waals surface area contributed by atoms with E-state index < -0.39 is 5.60 Å². The van der Waals surface area contributed by atoms with E-state index in [0.717, 1.165) is 19.3 Å². The Kier molecular flexibility index (Phi) is 5.52. The van der Waals surface area contributed by atoms with Crippen molar-refractivity contribution in [2.75, 3.05) is 5.75 Å². The minimum atomic E-state index is -0.424. The first-order valence-corrected chi connectivity index (χ1v) is 7.60. The molecule has 0 aromatic rings. The molecule has 0 heterocycles. The average Bonchev–Trinajstić information content (AvgIpc) is 2.24. The van der Waals surface area contributed by atoms with Crippen LogP contribution >= 0.6 is 11.8 Å². The minimum Gasteiger partial charge on any atom is -0.459 e. The van der Waals surface area contributed by atoms with Gasteiger partial charge in [-0.15, -0.1) is 11.8 Å². The van der Waals surface area contributed by atoms with Crippen LogP contribution in [0.1, 0.15) is 47.0 Å². The predicted octanol–water partition coefficient (Wildman–Crippen LogP) is 3.39. The van der Waals surface area contributed by atoms with Gasteiger partial charge in [0.1, 0.15) is 5.60 Å². The van der Waals surface area contributed by atoms with E-state index in [-0.39, 0.29) is 17.1 Å². The molecule has 0 N–H and O–H groups in total. The Morgan fingerprint density at radius 2 is 2.11 bits per heavy atom. The largest absolute Gasteiger partial charge is 0.459 e. The van der Waals surface area contributed by atoms with Crippen LogP contribution in [-0.4, -0.2) is 22.6 Å². The van der Waals surface area contributed by atoms with Gasteiger partial charge < -0.3 is 4.74 Å². The summed E-state index contributed by atoms with van der Waals surface area (Å²) in [4.78, 5) is 11.7. The lowest BCUT2D eigenvalue weighted by Crippen LogP contribution is -2.28. The van der Waals surface area contributed by atoms with Crippen LogP contribution in [-0.2, 0) is 9.53 Å². The monoisotopic (exact) mass is 269 g/mol. The van der Waals surface area contributed by atoms with Crippen LogP contribution in [0.15, 0.2) is 0 Å². The first-order chi connectivity index (χ1) is 8.31. The number of nitrogens with zero attached hydrogens (tertiary/aromatic N) is 1. The number of esters is 1. The molecular weight excluding hydrogens is 246 g/mol. The molecule has 102 valence electrons. The molecule has 0 aromatic heterocycles. The molecule has 18 heavy (non-hydrogen) atoms. The molecule has 0 radical (unpaired) electrons. The van der Waals surface area contributed by atoms with Gasteiger partial charge in [0.2, 0.25) is 0 Å². The average molecular weight is 269 g/mol. The minimum absolute atomic E-state index is 0.0913. The summed E-state index contributed by atoms with van der Waals surface area (Å²) in [5.41, 5.74) is -0.424. The van der Waals surface area contributed by atoms with Crippen molar-refractivity contribution in [3.8, 4) is 6.07 Å². The molecule has 0 bridgehead atoms. The predicted molar refractivity (Wildman–Crippen MR) is 74.2 cm³/mol. The zero-order chi connectivity index (χ0) is 13.8. The summed E-state index contributed by atoms with van der Waals surface area (Å²) in [6.07, 6.45) is 3.12. The molecule has 0 aromatic carbocycles. The van der Waals surface area contributed by atoms with Gasteiger partial charge in [0.05, 0.1) is 17.7 Å². The zero-order valence-electron chi connectivity index (χ0n) is 11.7. The number of hydrogen-bond donors (Lipinski definition) is 0. The Morgan fingerprint density at radius 1 is 1.44 bits per heavy atom. The molecule has 3 nitrogen and oxygen atoms in total. The van der Waals surface area contributed by atoms with E-state index in [2.05, 4.69) is 13.0 Å². The molecule has 4 heteroatoms. The van der Waals surface area contributed by atoms with Crippen LogP contribution in [0.5, 0.6) is 0 Å². The Labute approximate surface area is 114 Å². The SMILES string of the molecule is CC1CCC(C#N)C(SCC(=O)OC(C)(C)C)C1. The van der Waals surface area contributed by atoms with E-state index in [1.165, 1.54) is 0 Å². The number of carbonyl (C=O) groups is 1. The van der Waals surface area contributed by atoms with Gasteiger partial charge >= 0.3 is 5.97 Å². The number of thioether (sulfide) groups is 1. The van der Waals surface area contributed by atoms with Crippen LogP contribution in [0, 0.1) is 23.2 Å². The van der Waals surface area contributed by atoms with Crippen LogP contribution in [0.4, 0.5) is 0 Å². The molecule has 0 saturated heterocycles. The van der Waals surface area contributed by atoms with Gasteiger partial charge in [0.25, 0.3) is 0 Å². The Morgan fingerprint density at radius 3 is 2.67 bits per heavy atom. The van der Waals surface area contributed by atoms with Crippen LogP contribution < -0.4 is 0 Å². The van der Waals surface area contributed by atoms with E-state index in [4.69, 9.17) is 10.00 Å². The fraction of sp³-hybridized carbons (Fsp3) is 0.857. The molecule has 1 rings (SSSR count). The molecule has 1 saturated carbocycles. The van der Waals surface area contributed by atoms with Gasteiger partial charge in [0.15, 0.2) is 0 Å². The number of ether oxygens (including phenoxy) is 1. The molecule has 1 aliphatic rings. The van der Waals surface area contributed by atoms with E-state index in [1.54, 1.807) is 11.8 Å². The third-order valence-corrected chi connectivity index (χ3v) is 4.41. The second kappa shape index (κ2) is 6.47. The third kappa shape index (κ3) is 5.30. The van der Waals surface area contributed by atoms with Crippen LogP contribution in [0.3, 0.4) is 0 Å². The molecule has 1 fully saturated rings. The zero-order valence-corrected chi connectivity index (χ0v) is 12.5. The fourth-order valence-electron chi connectivity index (χ4n) is 2.21. The summed E-state index contributed by atoms with van der Waals surface area (Å²) in [7, 11) is 0. The summed E-state index contributed by atoms with van der Waals surface area (Å²) in [5, 5.41) is 9.40. The van der Waals surface area contributed by atoms with E-state index >= 15 is 0 Å². The lowest BCUT2D eigenvalue weighted by molar-refractivity contribution is -0.151. The van der Waals surface area contributed by atoms with Crippen molar-refractivity contribution in [2.24, 2.45) is 11.8 Å². The molecular formula is C14H23NO2S. The maximum absolute atomic E-state index is 11.7. The first kappa shape index (κ1) is 15.4. The van der Waals surface area contributed by atoms with Gasteiger partial charge in [-0.25, -0.2) is 0 Å². The highest BCUT2D eigenvalue weighted by atomic mass is 32.2. The first-order valence-electron chi connectivity index (χ1n) is 6.55. The smallest absolute Gasteiger partial charge is 0.316 e. The van der Waals surface area contributed by atoms with Crippen molar-refractivity contribution in [1.82, 2.24) is 0 Å². The number of carbonyl (C=O) groups excluding carboxylic acids is 1. The summed E-state index contributed by atoms with van der Waals surface area (Å²) < 4.78 is 5.28. The van der Waals surface area contributed by atoms with Crippen molar-refractivity contribution in [3.05, 3.63) is 0 Å². The summed E-state index contributed by atoms with van der Waals surface area (Å²) in [5.74, 6) is 0.925. The maximum Gasteiger partial charge on any atom is 0.316 e. The second-order valence-electron chi connectivity index (χ2n) is 6.09. The topological polar surface area (TPSA) is 50.1 Å². The van der Waals surface area contributed by atoms with Crippen molar-refractivity contribution in [2.45, 2.75) is 57.8 Å². The lowest BCUT2D eigenvalue weighted by Gasteiger charge is -2.30. The van der Waals surface area contributed by atoms with Gasteiger partial charge in [0, 0.05) is 5.25 Å². The molecule has 3 atom stereocenters. The fourth-order valence-corrected chi connectivity index (χ4v) is 3.51. The number of nitriles is 1. The Bertz CT molecular complexity index is 330. The van der Waals surface area contributed by atoms with Gasteiger partial charge in [-0.05, 0) is 46.0 Å². The van der Waals surface area contributed by atoms with Gasteiger partial charge in [-0.1, -0.05) is 6.92 Å². The molecule has 1 aliphatic carbocycles. The van der Waals surface area contributed by atoms with Crippen LogP contribution in [0.2, 0.25) is 0 Å². The normalized spacial score (nSPS) is 28.5. The van der Waals surface area contributed by atoms with Crippen molar-refractivity contribution in [1.29, 1.82) is 5.26 Å². The highest BCUT2D eigenvalue weighted by Gasteiger charge is 2.30. The van der Waals surface area contributed by atoms with Crippen molar-refractivity contribution >= 4 is 17.7 Å². The highest BCUT2D eigenvalue weighted by Crippen LogP contribution is 2.36. The van der Waals surface area contributed by atoms with E-state index in [9.17, 15) is 4.79 Å². The molecule has 0 amide bonds. The summed E-state index contributed by atoms with van der Waals surface area (Å²) in [6, 6.07) is 2.37. The summed E-state index contributed by atoms with van der Waals surface area (Å²) >= 11 is 1.59. The third-order valence-electron chi connectivity index (χ3n) is 3.06. The van der Waals surface area contributed by atoms with Crippen molar-refractivity contribution < 1.29 is 9.53 Å². The number of hydrogen-bond acceptors (Lipinski definition) is 4. The van der Waals surface area contributed by atoms with E-state index in [0.29, 0.717) is 11.7 Å². The molecule has 3 unspecified atom stereocenters. The second-order valence-corrected chi connectivity index (χ2v) is 7.32. The summed E-state index contributed by atoms with van der Waals surface area (Å²) in [6.45, 7) is 7.83. The quantitative estimate of drug-likeness (QED) is 0.737.